The first-order valence-electron chi connectivity index (χ1n) is 10.6. The van der Waals surface area contributed by atoms with Gasteiger partial charge in [-0.15, -0.1) is 0 Å². The second kappa shape index (κ2) is 10.6. The van der Waals surface area contributed by atoms with Gasteiger partial charge in [-0.05, 0) is 56.0 Å². The highest BCUT2D eigenvalue weighted by molar-refractivity contribution is 7.89. The third kappa shape index (κ3) is 6.18. The third-order valence-electron chi connectivity index (χ3n) is 5.27. The maximum atomic E-state index is 13.1. The monoisotopic (exact) mass is 447 g/mol. The Bertz CT molecular complexity index is 994. The average Bonchev–Trinajstić information content (AvgIpc) is 3.14. The molecule has 0 spiro atoms. The number of carbonyl (C=O) groups excluding carboxylic acids is 2. The van der Waals surface area contributed by atoms with E-state index in [-0.39, 0.29) is 28.9 Å². The molecule has 0 atom stereocenters. The second-order valence-electron chi connectivity index (χ2n) is 7.68. The predicted octanol–water partition coefficient (Wildman–Crippen LogP) is 3.30. The lowest BCUT2D eigenvalue weighted by molar-refractivity contribution is -0.116. The molecule has 0 unspecified atom stereocenters. The topological polar surface area (TPSA) is 109 Å². The van der Waals surface area contributed by atoms with Crippen LogP contribution in [0.5, 0.6) is 0 Å². The van der Waals surface area contributed by atoms with Crippen LogP contribution in [0.15, 0.2) is 45.9 Å². The lowest BCUT2D eigenvalue weighted by Gasteiger charge is -2.21. The number of aryl methyl sites for hydroxylation is 1. The van der Waals surface area contributed by atoms with Crippen LogP contribution in [-0.4, -0.2) is 44.2 Å². The van der Waals surface area contributed by atoms with Crippen LogP contribution >= 0.6 is 0 Å². The molecule has 0 bridgehead atoms. The zero-order valence-electron chi connectivity index (χ0n) is 17.7. The number of sulfonamides is 1. The Labute approximate surface area is 183 Å². The molecule has 1 fully saturated rings. The minimum Gasteiger partial charge on any atom is -0.459 e. The van der Waals surface area contributed by atoms with Crippen molar-refractivity contribution < 1.29 is 22.4 Å². The standard InChI is InChI=1S/C22H29N3O5S/c1-17-10-11-18(16-20(17)31(28,29)25-13-4-2-3-5-14-25)24-21(26)9-6-12-23-22(27)19-8-7-15-30-19/h7-8,10-11,15-16H,2-6,9,12-14H2,1H3,(H,23,27)(H,24,26). The number of amides is 2. The summed E-state index contributed by atoms with van der Waals surface area (Å²) in [5, 5.41) is 5.44. The summed E-state index contributed by atoms with van der Waals surface area (Å²) in [6.07, 6.45) is 5.89. The molecule has 1 saturated heterocycles. The smallest absolute Gasteiger partial charge is 0.286 e. The van der Waals surface area contributed by atoms with Crippen molar-refractivity contribution >= 4 is 27.5 Å². The van der Waals surface area contributed by atoms with Crippen LogP contribution in [0.4, 0.5) is 5.69 Å². The normalized spacial score (nSPS) is 15.3. The molecular formula is C22H29N3O5S. The van der Waals surface area contributed by atoms with Gasteiger partial charge in [-0.1, -0.05) is 18.9 Å². The minimum atomic E-state index is -3.60. The first kappa shape index (κ1) is 23.0. The first-order chi connectivity index (χ1) is 14.9. The highest BCUT2D eigenvalue weighted by Crippen LogP contribution is 2.26. The van der Waals surface area contributed by atoms with Crippen molar-refractivity contribution in [1.82, 2.24) is 9.62 Å². The minimum absolute atomic E-state index is 0.195. The highest BCUT2D eigenvalue weighted by Gasteiger charge is 2.27. The Balaban J connectivity index is 1.55. The van der Waals surface area contributed by atoms with Gasteiger partial charge in [0, 0.05) is 31.7 Å². The number of anilines is 1. The van der Waals surface area contributed by atoms with Gasteiger partial charge in [0.15, 0.2) is 5.76 Å². The van der Waals surface area contributed by atoms with Crippen molar-refractivity contribution in [3.63, 3.8) is 0 Å². The molecule has 9 heteroatoms. The summed E-state index contributed by atoms with van der Waals surface area (Å²) in [7, 11) is -3.60. The lowest BCUT2D eigenvalue weighted by Crippen LogP contribution is -2.32. The molecule has 2 heterocycles. The number of nitrogens with zero attached hydrogens (tertiary/aromatic N) is 1. The second-order valence-corrected chi connectivity index (χ2v) is 9.59. The molecule has 1 aromatic heterocycles. The molecule has 3 rings (SSSR count). The van der Waals surface area contributed by atoms with Gasteiger partial charge in [0.05, 0.1) is 11.2 Å². The van der Waals surface area contributed by atoms with Gasteiger partial charge in [-0.3, -0.25) is 9.59 Å². The maximum absolute atomic E-state index is 13.1. The summed E-state index contributed by atoms with van der Waals surface area (Å²) in [4.78, 5) is 24.3. The van der Waals surface area contributed by atoms with E-state index in [1.165, 1.54) is 12.3 Å². The molecule has 168 valence electrons. The predicted molar refractivity (Wildman–Crippen MR) is 117 cm³/mol. The van der Waals surface area contributed by atoms with Gasteiger partial charge < -0.3 is 15.1 Å². The van der Waals surface area contributed by atoms with Crippen LogP contribution in [0.25, 0.3) is 0 Å². The molecule has 0 aliphatic carbocycles. The fourth-order valence-corrected chi connectivity index (χ4v) is 5.31. The van der Waals surface area contributed by atoms with E-state index in [2.05, 4.69) is 10.6 Å². The molecule has 2 N–H and O–H groups in total. The molecule has 8 nitrogen and oxygen atoms in total. The molecule has 2 amide bonds. The Hall–Kier alpha value is -2.65. The largest absolute Gasteiger partial charge is 0.459 e. The average molecular weight is 448 g/mol. The molecule has 1 aromatic carbocycles. The van der Waals surface area contributed by atoms with Crippen LogP contribution in [-0.2, 0) is 14.8 Å². The van der Waals surface area contributed by atoms with Gasteiger partial charge in [0.1, 0.15) is 0 Å². The van der Waals surface area contributed by atoms with Crippen molar-refractivity contribution in [2.75, 3.05) is 25.0 Å². The number of nitrogens with one attached hydrogen (secondary N) is 2. The molecule has 1 aliphatic rings. The summed E-state index contributed by atoms with van der Waals surface area (Å²) in [5.41, 5.74) is 1.10. The van der Waals surface area contributed by atoms with Crippen LogP contribution in [0, 0.1) is 6.92 Å². The Morgan fingerprint density at radius 3 is 2.52 bits per heavy atom. The van der Waals surface area contributed by atoms with Crippen molar-refractivity contribution in [2.24, 2.45) is 0 Å². The fraction of sp³-hybridized carbons (Fsp3) is 0.455. The molecule has 0 radical (unpaired) electrons. The first-order valence-corrected chi connectivity index (χ1v) is 12.0. The van der Waals surface area contributed by atoms with Crippen molar-refractivity contribution in [3.05, 3.63) is 47.9 Å². The molecular weight excluding hydrogens is 418 g/mol. The Morgan fingerprint density at radius 2 is 1.84 bits per heavy atom. The van der Waals surface area contributed by atoms with E-state index < -0.39 is 10.0 Å². The van der Waals surface area contributed by atoms with E-state index in [4.69, 9.17) is 4.42 Å². The zero-order valence-corrected chi connectivity index (χ0v) is 18.5. The number of hydrogen-bond acceptors (Lipinski definition) is 5. The fourth-order valence-electron chi connectivity index (χ4n) is 3.55. The van der Waals surface area contributed by atoms with Crippen LogP contribution in [0.2, 0.25) is 0 Å². The van der Waals surface area contributed by atoms with E-state index in [0.29, 0.717) is 37.3 Å². The van der Waals surface area contributed by atoms with Crippen molar-refractivity contribution in [2.45, 2.75) is 50.3 Å². The number of carbonyl (C=O) groups is 2. The third-order valence-corrected chi connectivity index (χ3v) is 7.31. The van der Waals surface area contributed by atoms with Crippen LogP contribution < -0.4 is 10.6 Å². The quantitative estimate of drug-likeness (QED) is 0.604. The summed E-state index contributed by atoms with van der Waals surface area (Å²) < 4.78 is 32.8. The zero-order chi connectivity index (χ0) is 22.3. The summed E-state index contributed by atoms with van der Waals surface area (Å²) in [6, 6.07) is 8.14. The highest BCUT2D eigenvalue weighted by atomic mass is 32.2. The number of rotatable bonds is 8. The summed E-state index contributed by atoms with van der Waals surface area (Å²) >= 11 is 0. The SMILES string of the molecule is Cc1ccc(NC(=O)CCCNC(=O)c2ccco2)cc1S(=O)(=O)N1CCCCCC1. The van der Waals surface area contributed by atoms with E-state index in [1.807, 2.05) is 0 Å². The van der Waals surface area contributed by atoms with Gasteiger partial charge in [-0.2, -0.15) is 4.31 Å². The summed E-state index contributed by atoms with van der Waals surface area (Å²) in [5.74, 6) is -0.344. The number of benzene rings is 1. The van der Waals surface area contributed by atoms with E-state index in [0.717, 1.165) is 25.7 Å². The van der Waals surface area contributed by atoms with Crippen molar-refractivity contribution in [1.29, 1.82) is 0 Å². The van der Waals surface area contributed by atoms with Gasteiger partial charge in [0.2, 0.25) is 15.9 Å². The van der Waals surface area contributed by atoms with Crippen molar-refractivity contribution in [3.8, 4) is 0 Å². The van der Waals surface area contributed by atoms with Gasteiger partial charge >= 0.3 is 0 Å². The Kier molecular flexibility index (Phi) is 7.86. The molecule has 0 saturated carbocycles. The molecule has 1 aliphatic heterocycles. The van der Waals surface area contributed by atoms with Gasteiger partial charge in [0.25, 0.3) is 5.91 Å². The van der Waals surface area contributed by atoms with Crippen LogP contribution in [0.1, 0.15) is 54.6 Å². The van der Waals surface area contributed by atoms with Gasteiger partial charge in [-0.25, -0.2) is 8.42 Å². The van der Waals surface area contributed by atoms with E-state index in [1.54, 1.807) is 35.5 Å². The Morgan fingerprint density at radius 1 is 1.10 bits per heavy atom. The molecule has 2 aromatic rings. The lowest BCUT2D eigenvalue weighted by atomic mass is 10.2. The van der Waals surface area contributed by atoms with Crippen LogP contribution in [0.3, 0.4) is 0 Å². The summed E-state index contributed by atoms with van der Waals surface area (Å²) in [6.45, 7) is 3.15. The van der Waals surface area contributed by atoms with E-state index in [9.17, 15) is 18.0 Å². The van der Waals surface area contributed by atoms with E-state index >= 15 is 0 Å². The number of hydrogen-bond donors (Lipinski definition) is 2. The number of furan rings is 1. The maximum Gasteiger partial charge on any atom is 0.286 e. The molecule has 31 heavy (non-hydrogen) atoms.